The molecule has 7 heteroatoms. The number of halogens is 1. The molecule has 2 aromatic rings. The van der Waals surface area contributed by atoms with Gasteiger partial charge in [-0.05, 0) is 34.8 Å². The van der Waals surface area contributed by atoms with Gasteiger partial charge in [-0.15, -0.1) is 0 Å². The van der Waals surface area contributed by atoms with Crippen molar-refractivity contribution in [3.63, 3.8) is 0 Å². The minimum atomic E-state index is -0.0989. The lowest BCUT2D eigenvalue weighted by molar-refractivity contribution is 0.494. The van der Waals surface area contributed by atoms with Gasteiger partial charge in [0.25, 0.3) is 5.56 Å². The number of hydrogen-bond acceptors (Lipinski definition) is 4. The minimum absolute atomic E-state index is 0.0989. The molecule has 0 aliphatic carbocycles. The Balaban J connectivity index is 1.76. The third-order valence-corrected chi connectivity index (χ3v) is 4.60. The van der Waals surface area contributed by atoms with E-state index in [1.54, 1.807) is 19.4 Å². The van der Waals surface area contributed by atoms with Gasteiger partial charge in [-0.2, -0.15) is 10.2 Å². The number of aromatic amines is 1. The number of H-pyrrole nitrogens is 1. The summed E-state index contributed by atoms with van der Waals surface area (Å²) in [5.74, 6) is 0.520. The fourth-order valence-corrected chi connectivity index (χ4v) is 3.26. The molecule has 0 aromatic carbocycles. The summed E-state index contributed by atoms with van der Waals surface area (Å²) in [6.45, 7) is 1.83. The molecular formula is C13H16BrN5O. The number of nitrogens with one attached hydrogen (secondary N) is 1. The maximum absolute atomic E-state index is 11.9. The first-order valence-electron chi connectivity index (χ1n) is 6.63. The van der Waals surface area contributed by atoms with Gasteiger partial charge in [0.05, 0.1) is 11.9 Å². The smallest absolute Gasteiger partial charge is 0.282 e. The van der Waals surface area contributed by atoms with Crippen LogP contribution in [-0.2, 0) is 7.05 Å². The number of aromatic nitrogens is 4. The second kappa shape index (κ2) is 5.40. The van der Waals surface area contributed by atoms with Crippen LogP contribution in [0.2, 0.25) is 0 Å². The lowest BCUT2D eigenvalue weighted by Gasteiger charge is -2.33. The van der Waals surface area contributed by atoms with Crippen molar-refractivity contribution in [2.75, 3.05) is 18.0 Å². The van der Waals surface area contributed by atoms with Crippen LogP contribution in [0.15, 0.2) is 27.7 Å². The molecule has 3 rings (SSSR count). The summed E-state index contributed by atoms with van der Waals surface area (Å²) >= 11 is 3.39. The van der Waals surface area contributed by atoms with Crippen LogP contribution in [-0.4, -0.2) is 33.1 Å². The molecule has 1 N–H and O–H groups in total. The predicted molar refractivity (Wildman–Crippen MR) is 80.0 cm³/mol. The second-order valence-corrected chi connectivity index (χ2v) is 5.84. The molecule has 0 unspecified atom stereocenters. The Hall–Kier alpha value is -1.63. The molecule has 3 heterocycles. The van der Waals surface area contributed by atoms with Gasteiger partial charge in [0, 0.05) is 37.9 Å². The molecule has 0 bridgehead atoms. The van der Waals surface area contributed by atoms with Crippen molar-refractivity contribution in [3.05, 3.63) is 39.0 Å². The zero-order valence-corrected chi connectivity index (χ0v) is 12.8. The lowest BCUT2D eigenvalue weighted by atomic mass is 9.93. The van der Waals surface area contributed by atoms with Crippen molar-refractivity contribution in [3.8, 4) is 0 Å². The molecule has 20 heavy (non-hydrogen) atoms. The van der Waals surface area contributed by atoms with Crippen molar-refractivity contribution >= 4 is 21.6 Å². The van der Waals surface area contributed by atoms with Crippen LogP contribution in [0.25, 0.3) is 0 Å². The van der Waals surface area contributed by atoms with E-state index in [2.05, 4.69) is 36.1 Å². The molecule has 2 aromatic heterocycles. The van der Waals surface area contributed by atoms with E-state index in [9.17, 15) is 4.79 Å². The van der Waals surface area contributed by atoms with Crippen molar-refractivity contribution in [1.29, 1.82) is 0 Å². The van der Waals surface area contributed by atoms with Crippen molar-refractivity contribution in [1.82, 2.24) is 20.0 Å². The maximum Gasteiger partial charge on any atom is 0.282 e. The summed E-state index contributed by atoms with van der Waals surface area (Å²) in [5, 5.41) is 11.2. The Labute approximate surface area is 124 Å². The first kappa shape index (κ1) is 13.4. The van der Waals surface area contributed by atoms with E-state index < -0.39 is 0 Å². The molecule has 6 nitrogen and oxygen atoms in total. The minimum Gasteiger partial charge on any atom is -0.369 e. The number of anilines is 1. The molecule has 0 spiro atoms. The standard InChI is InChI=1S/C13H16BrN5O/c1-18-13(20)12(14)11(8-16-18)19-6-3-9(4-7-19)10-2-5-15-17-10/h2,5,8-9H,3-4,6-7H2,1H3,(H,15,17). The molecule has 0 amide bonds. The first-order chi connectivity index (χ1) is 9.66. The quantitative estimate of drug-likeness (QED) is 0.904. The predicted octanol–water partition coefficient (Wildman–Crippen LogP) is 1.65. The van der Waals surface area contributed by atoms with Gasteiger partial charge in [-0.25, -0.2) is 4.68 Å². The summed E-state index contributed by atoms with van der Waals surface area (Å²) in [6.07, 6.45) is 5.64. The Kier molecular flexibility index (Phi) is 3.60. The Morgan fingerprint density at radius 2 is 2.15 bits per heavy atom. The fourth-order valence-electron chi connectivity index (χ4n) is 2.65. The summed E-state index contributed by atoms with van der Waals surface area (Å²) in [4.78, 5) is 14.1. The van der Waals surface area contributed by atoms with Crippen LogP contribution in [0.3, 0.4) is 0 Å². The van der Waals surface area contributed by atoms with E-state index in [0.717, 1.165) is 31.6 Å². The van der Waals surface area contributed by atoms with Crippen LogP contribution in [0.1, 0.15) is 24.5 Å². The van der Waals surface area contributed by atoms with Crippen LogP contribution in [0.4, 0.5) is 5.69 Å². The molecule has 0 saturated carbocycles. The Bertz CT molecular complexity index is 643. The topological polar surface area (TPSA) is 66.8 Å². The normalized spacial score (nSPS) is 16.6. The molecule has 1 fully saturated rings. The second-order valence-electron chi connectivity index (χ2n) is 5.05. The number of rotatable bonds is 2. The third kappa shape index (κ3) is 2.37. The van der Waals surface area contributed by atoms with Gasteiger partial charge in [0.2, 0.25) is 0 Å². The summed E-state index contributed by atoms with van der Waals surface area (Å²) in [6, 6.07) is 2.04. The number of nitrogens with zero attached hydrogens (tertiary/aromatic N) is 4. The Morgan fingerprint density at radius 1 is 1.40 bits per heavy atom. The molecule has 106 valence electrons. The highest BCUT2D eigenvalue weighted by Gasteiger charge is 2.23. The van der Waals surface area contributed by atoms with Gasteiger partial charge in [0.1, 0.15) is 4.47 Å². The summed E-state index contributed by atoms with van der Waals surface area (Å²) < 4.78 is 1.93. The highest BCUT2D eigenvalue weighted by Crippen LogP contribution is 2.31. The summed E-state index contributed by atoms with van der Waals surface area (Å²) in [5.41, 5.74) is 1.99. The van der Waals surface area contributed by atoms with Gasteiger partial charge in [-0.1, -0.05) is 0 Å². The average molecular weight is 338 g/mol. The maximum atomic E-state index is 11.9. The van der Waals surface area contributed by atoms with Crippen LogP contribution < -0.4 is 10.5 Å². The molecular weight excluding hydrogens is 322 g/mol. The van der Waals surface area contributed by atoms with E-state index in [4.69, 9.17) is 0 Å². The number of piperidine rings is 1. The van der Waals surface area contributed by atoms with Crippen molar-refractivity contribution in [2.24, 2.45) is 7.05 Å². The van der Waals surface area contributed by atoms with Gasteiger partial charge in [0.15, 0.2) is 0 Å². The van der Waals surface area contributed by atoms with Gasteiger partial charge in [-0.3, -0.25) is 9.89 Å². The average Bonchev–Trinajstić information content (AvgIpc) is 3.00. The molecule has 1 aliphatic heterocycles. The molecule has 0 atom stereocenters. The molecule has 0 radical (unpaired) electrons. The fraction of sp³-hybridized carbons (Fsp3) is 0.462. The highest BCUT2D eigenvalue weighted by molar-refractivity contribution is 9.10. The van der Waals surface area contributed by atoms with Crippen LogP contribution in [0, 0.1) is 0 Å². The van der Waals surface area contributed by atoms with Crippen molar-refractivity contribution < 1.29 is 0 Å². The molecule has 1 saturated heterocycles. The van der Waals surface area contributed by atoms with E-state index in [1.807, 2.05) is 6.07 Å². The highest BCUT2D eigenvalue weighted by atomic mass is 79.9. The van der Waals surface area contributed by atoms with E-state index in [0.29, 0.717) is 10.4 Å². The lowest BCUT2D eigenvalue weighted by Crippen LogP contribution is -2.35. The SMILES string of the molecule is Cn1ncc(N2CCC(c3ccn[nH]3)CC2)c(Br)c1=O. The van der Waals surface area contributed by atoms with Gasteiger partial charge >= 0.3 is 0 Å². The zero-order chi connectivity index (χ0) is 14.1. The van der Waals surface area contributed by atoms with E-state index in [1.165, 1.54) is 10.4 Å². The summed E-state index contributed by atoms with van der Waals surface area (Å²) in [7, 11) is 1.65. The van der Waals surface area contributed by atoms with Crippen molar-refractivity contribution in [2.45, 2.75) is 18.8 Å². The number of aryl methyl sites for hydroxylation is 1. The largest absolute Gasteiger partial charge is 0.369 e. The molecule has 1 aliphatic rings. The number of hydrogen-bond donors (Lipinski definition) is 1. The zero-order valence-electron chi connectivity index (χ0n) is 11.2. The van der Waals surface area contributed by atoms with Gasteiger partial charge < -0.3 is 4.90 Å². The van der Waals surface area contributed by atoms with Crippen LogP contribution in [0.5, 0.6) is 0 Å². The third-order valence-electron chi connectivity index (χ3n) is 3.86. The Morgan fingerprint density at radius 3 is 2.80 bits per heavy atom. The van der Waals surface area contributed by atoms with E-state index >= 15 is 0 Å². The van der Waals surface area contributed by atoms with Crippen LogP contribution >= 0.6 is 15.9 Å². The van der Waals surface area contributed by atoms with E-state index in [-0.39, 0.29) is 5.56 Å². The first-order valence-corrected chi connectivity index (χ1v) is 7.42. The monoisotopic (exact) mass is 337 g/mol.